The maximum absolute atomic E-state index is 12.8. The molecule has 1 spiro atoms. The number of para-hydroxylation sites is 1. The van der Waals surface area contributed by atoms with E-state index < -0.39 is 11.0 Å². The van der Waals surface area contributed by atoms with Gasteiger partial charge in [-0.15, -0.1) is 0 Å². The minimum absolute atomic E-state index is 0.132. The summed E-state index contributed by atoms with van der Waals surface area (Å²) >= 11 is 0. The molecule has 2 aliphatic rings. The molecule has 5 rings (SSSR count). The van der Waals surface area contributed by atoms with Gasteiger partial charge in [0.25, 0.3) is 0 Å². The topological polar surface area (TPSA) is 76.9 Å². The summed E-state index contributed by atoms with van der Waals surface area (Å²) in [5, 5.41) is 5.90. The standard InChI is InChI=1S/C28H34N4O4/c1-27(2,3)25(33)18-32-24-16-21(35-4)10-11-22(24)23(29-32)17-30-14-12-28(13-15-30)19-31(26(34)36-28)20-8-6-5-7-9-20/h5-11,16H,12-15,17-19H2,1-4H3. The molecule has 3 aromatic rings. The number of benzene rings is 2. The van der Waals surface area contributed by atoms with E-state index in [1.54, 1.807) is 12.0 Å². The van der Waals surface area contributed by atoms with Gasteiger partial charge in [0.05, 0.1) is 24.9 Å². The fourth-order valence-corrected chi connectivity index (χ4v) is 4.98. The number of rotatable bonds is 6. The smallest absolute Gasteiger partial charge is 0.415 e. The number of fused-ring (bicyclic) bond motifs is 1. The monoisotopic (exact) mass is 490 g/mol. The first-order valence-corrected chi connectivity index (χ1v) is 12.5. The second kappa shape index (κ2) is 9.24. The zero-order valence-electron chi connectivity index (χ0n) is 21.5. The minimum Gasteiger partial charge on any atom is -0.497 e. The number of carbonyl (C=O) groups excluding carboxylic acids is 2. The second-order valence-electron chi connectivity index (χ2n) is 10.9. The van der Waals surface area contributed by atoms with Crippen LogP contribution in [-0.4, -0.2) is 58.9 Å². The van der Waals surface area contributed by atoms with Crippen LogP contribution in [0.2, 0.25) is 0 Å². The van der Waals surface area contributed by atoms with Gasteiger partial charge in [0.15, 0.2) is 5.78 Å². The third-order valence-electron chi connectivity index (χ3n) is 7.34. The number of piperidine rings is 1. The molecule has 0 unspecified atom stereocenters. The van der Waals surface area contributed by atoms with Gasteiger partial charge in [-0.05, 0) is 24.3 Å². The predicted octanol–water partition coefficient (Wildman–Crippen LogP) is 4.65. The maximum atomic E-state index is 12.8. The van der Waals surface area contributed by atoms with Crippen molar-refractivity contribution in [2.45, 2.75) is 52.3 Å². The van der Waals surface area contributed by atoms with Crippen LogP contribution in [0.3, 0.4) is 0 Å². The van der Waals surface area contributed by atoms with Crippen molar-refractivity contribution in [3.05, 3.63) is 54.2 Å². The summed E-state index contributed by atoms with van der Waals surface area (Å²) in [5.74, 6) is 0.872. The Labute approximate surface area is 211 Å². The third-order valence-corrected chi connectivity index (χ3v) is 7.34. The Morgan fingerprint density at radius 3 is 2.50 bits per heavy atom. The Hall–Kier alpha value is -3.39. The molecule has 1 aromatic heterocycles. The summed E-state index contributed by atoms with van der Waals surface area (Å²) in [7, 11) is 1.64. The van der Waals surface area contributed by atoms with Gasteiger partial charge in [-0.3, -0.25) is 19.3 Å². The van der Waals surface area contributed by atoms with Crippen LogP contribution in [0, 0.1) is 5.41 Å². The molecule has 1 amide bonds. The summed E-state index contributed by atoms with van der Waals surface area (Å²) in [6.45, 7) is 8.88. The fraction of sp³-hybridized carbons (Fsp3) is 0.464. The van der Waals surface area contributed by atoms with Gasteiger partial charge in [-0.25, -0.2) is 4.79 Å². The second-order valence-corrected chi connectivity index (χ2v) is 10.9. The third kappa shape index (κ3) is 4.69. The number of aromatic nitrogens is 2. The lowest BCUT2D eigenvalue weighted by Crippen LogP contribution is -2.46. The molecule has 2 fully saturated rings. The lowest BCUT2D eigenvalue weighted by Gasteiger charge is -2.37. The summed E-state index contributed by atoms with van der Waals surface area (Å²) < 4.78 is 13.2. The highest BCUT2D eigenvalue weighted by Gasteiger charge is 2.47. The summed E-state index contributed by atoms with van der Waals surface area (Å²) in [6, 6.07) is 15.6. The first-order valence-electron chi connectivity index (χ1n) is 12.5. The van der Waals surface area contributed by atoms with E-state index >= 15 is 0 Å². The van der Waals surface area contributed by atoms with Crippen molar-refractivity contribution in [1.82, 2.24) is 14.7 Å². The number of amides is 1. The minimum atomic E-state index is -0.447. The Balaban J connectivity index is 1.31. The number of carbonyl (C=O) groups is 2. The van der Waals surface area contributed by atoms with Crippen molar-refractivity contribution in [3.8, 4) is 5.75 Å². The van der Waals surface area contributed by atoms with Crippen LogP contribution in [0.4, 0.5) is 10.5 Å². The molecule has 0 bridgehead atoms. The Morgan fingerprint density at radius 1 is 1.11 bits per heavy atom. The average molecular weight is 491 g/mol. The molecule has 0 N–H and O–H groups in total. The van der Waals surface area contributed by atoms with Crippen molar-refractivity contribution in [1.29, 1.82) is 0 Å². The van der Waals surface area contributed by atoms with Crippen LogP contribution in [0.1, 0.15) is 39.3 Å². The van der Waals surface area contributed by atoms with E-state index in [0.29, 0.717) is 13.1 Å². The lowest BCUT2D eigenvalue weighted by atomic mass is 9.91. The molecular formula is C28H34N4O4. The number of methoxy groups -OCH3 is 1. The van der Waals surface area contributed by atoms with E-state index in [4.69, 9.17) is 14.6 Å². The van der Waals surface area contributed by atoms with Crippen molar-refractivity contribution in [2.75, 3.05) is 31.6 Å². The predicted molar refractivity (Wildman–Crippen MR) is 138 cm³/mol. The number of hydrogen-bond donors (Lipinski definition) is 0. The number of anilines is 1. The van der Waals surface area contributed by atoms with Crippen LogP contribution in [0.25, 0.3) is 10.9 Å². The molecule has 2 aliphatic heterocycles. The van der Waals surface area contributed by atoms with E-state index in [1.165, 1.54) is 0 Å². The van der Waals surface area contributed by atoms with Crippen LogP contribution in [0.15, 0.2) is 48.5 Å². The van der Waals surface area contributed by atoms with Crippen LogP contribution >= 0.6 is 0 Å². The number of likely N-dealkylation sites (tertiary alicyclic amines) is 1. The van der Waals surface area contributed by atoms with Crippen molar-refractivity contribution >= 4 is 28.5 Å². The van der Waals surface area contributed by atoms with Crippen molar-refractivity contribution in [3.63, 3.8) is 0 Å². The van der Waals surface area contributed by atoms with E-state index in [9.17, 15) is 9.59 Å². The highest BCUT2D eigenvalue weighted by atomic mass is 16.6. The zero-order valence-corrected chi connectivity index (χ0v) is 21.5. The summed E-state index contributed by atoms with van der Waals surface area (Å²) in [6.07, 6.45) is 1.28. The van der Waals surface area contributed by atoms with Gasteiger partial charge in [-0.1, -0.05) is 39.0 Å². The van der Waals surface area contributed by atoms with Crippen LogP contribution in [0.5, 0.6) is 5.75 Å². The number of nitrogens with zero attached hydrogens (tertiary/aromatic N) is 4. The van der Waals surface area contributed by atoms with E-state index in [2.05, 4.69) is 4.90 Å². The molecule has 0 aliphatic carbocycles. The normalized spacial score (nSPS) is 18.1. The lowest BCUT2D eigenvalue weighted by molar-refractivity contribution is -0.127. The molecule has 2 saturated heterocycles. The highest BCUT2D eigenvalue weighted by Crippen LogP contribution is 2.36. The maximum Gasteiger partial charge on any atom is 0.415 e. The molecule has 190 valence electrons. The first-order chi connectivity index (χ1) is 17.2. The molecule has 2 aromatic carbocycles. The summed E-state index contributed by atoms with van der Waals surface area (Å²) in [4.78, 5) is 29.5. The van der Waals surface area contributed by atoms with Crippen LogP contribution in [-0.2, 0) is 22.6 Å². The molecule has 8 heteroatoms. The molecule has 0 radical (unpaired) electrons. The molecule has 36 heavy (non-hydrogen) atoms. The van der Waals surface area contributed by atoms with Crippen LogP contribution < -0.4 is 9.64 Å². The Bertz CT molecular complexity index is 1270. The quantitative estimate of drug-likeness (QED) is 0.501. The van der Waals surface area contributed by atoms with Crippen molar-refractivity contribution < 1.29 is 19.1 Å². The Kier molecular flexibility index (Phi) is 6.24. The number of ketones is 1. The van der Waals surface area contributed by atoms with Crippen molar-refractivity contribution in [2.24, 2.45) is 5.41 Å². The SMILES string of the molecule is COc1ccc2c(CN3CCC4(CC3)CN(c3ccccc3)C(=O)O4)nn(CC(=O)C(C)(C)C)c2c1. The number of ether oxygens (including phenoxy) is 2. The van der Waals surface area contributed by atoms with Gasteiger partial charge in [0.2, 0.25) is 0 Å². The summed E-state index contributed by atoms with van der Waals surface area (Å²) in [5.41, 5.74) is 1.83. The van der Waals surface area contributed by atoms with Gasteiger partial charge < -0.3 is 9.47 Å². The fourth-order valence-electron chi connectivity index (χ4n) is 4.98. The molecular weight excluding hydrogens is 456 g/mol. The average Bonchev–Trinajstić information content (AvgIpc) is 3.37. The number of Topliss-reactive ketones (excluding diaryl/α,β-unsaturated/α-hetero) is 1. The van der Waals surface area contributed by atoms with E-state index in [-0.39, 0.29) is 18.4 Å². The van der Waals surface area contributed by atoms with E-state index in [0.717, 1.165) is 54.0 Å². The zero-order chi connectivity index (χ0) is 25.5. The van der Waals surface area contributed by atoms with Gasteiger partial charge in [0.1, 0.15) is 17.9 Å². The van der Waals surface area contributed by atoms with Gasteiger partial charge in [-0.2, -0.15) is 5.10 Å². The van der Waals surface area contributed by atoms with E-state index in [1.807, 2.05) is 74.0 Å². The number of hydrogen-bond acceptors (Lipinski definition) is 6. The molecule has 0 saturated carbocycles. The molecule has 0 atom stereocenters. The first kappa shape index (κ1) is 24.3. The Morgan fingerprint density at radius 2 is 1.83 bits per heavy atom. The molecule has 3 heterocycles. The largest absolute Gasteiger partial charge is 0.497 e. The van der Waals surface area contributed by atoms with Gasteiger partial charge in [0, 0.05) is 55.0 Å². The highest BCUT2D eigenvalue weighted by molar-refractivity contribution is 5.90. The van der Waals surface area contributed by atoms with Gasteiger partial charge >= 0.3 is 6.09 Å². The molecule has 8 nitrogen and oxygen atoms in total.